The number of ether oxygens (including phenoxy) is 2. The van der Waals surface area contributed by atoms with E-state index in [1.165, 1.54) is 17.4 Å². The van der Waals surface area contributed by atoms with E-state index in [0.29, 0.717) is 18.4 Å². The molecule has 3 aliphatic heterocycles. The van der Waals surface area contributed by atoms with Crippen molar-refractivity contribution in [3.8, 4) is 0 Å². The molecular weight excluding hydrogens is 390 g/mol. The Labute approximate surface area is 184 Å². The Morgan fingerprint density at radius 1 is 1.29 bits per heavy atom. The van der Waals surface area contributed by atoms with E-state index in [1.807, 2.05) is 14.1 Å². The van der Waals surface area contributed by atoms with Crippen molar-refractivity contribution in [2.75, 3.05) is 54.1 Å². The molecule has 1 saturated carbocycles. The van der Waals surface area contributed by atoms with Gasteiger partial charge in [0.1, 0.15) is 12.0 Å². The van der Waals surface area contributed by atoms with E-state index in [4.69, 9.17) is 9.47 Å². The van der Waals surface area contributed by atoms with E-state index >= 15 is 0 Å². The van der Waals surface area contributed by atoms with Gasteiger partial charge in [0.15, 0.2) is 0 Å². The summed E-state index contributed by atoms with van der Waals surface area (Å²) in [6, 6.07) is 8.68. The molecule has 1 N–H and O–H groups in total. The number of hydrogen-bond acceptors (Lipinski definition) is 5. The maximum absolute atomic E-state index is 14.0. The molecule has 4 heterocycles. The molecule has 168 valence electrons. The predicted molar refractivity (Wildman–Crippen MR) is 121 cm³/mol. The molecule has 1 aromatic carbocycles. The molecular formula is C25H35N3O3. The number of esters is 1. The third-order valence-corrected chi connectivity index (χ3v) is 7.82. The summed E-state index contributed by atoms with van der Waals surface area (Å²) in [4.78, 5) is 22.4. The first-order chi connectivity index (χ1) is 15.0. The number of hydrogen-bond donors (Lipinski definition) is 1. The normalized spacial score (nSPS) is 31.6. The first-order valence-electron chi connectivity index (χ1n) is 11.7. The number of H-pyrrole nitrogens is 1. The third kappa shape index (κ3) is 3.40. The van der Waals surface area contributed by atoms with Gasteiger partial charge in [-0.2, -0.15) is 0 Å². The van der Waals surface area contributed by atoms with E-state index < -0.39 is 5.41 Å². The molecule has 0 radical (unpaired) electrons. The van der Waals surface area contributed by atoms with Gasteiger partial charge in [-0.3, -0.25) is 9.69 Å². The standard InChI is InChI=1S/C25H35N3O3/c1-27(2)11-13-31-24(29)25-15-17-14-18(9-12-30-3)23(25)28(16-17)10-8-20-19-6-4-5-7-21(19)26-22(20)25/h4-7,17-18,23,26H,8-16H2,1-3H3/t17?,18-,23?,25+/m0/s1. The lowest BCUT2D eigenvalue weighted by atomic mass is 9.56. The lowest BCUT2D eigenvalue weighted by Crippen LogP contribution is -2.67. The second-order valence-corrected chi connectivity index (χ2v) is 9.97. The molecule has 6 rings (SSSR count). The highest BCUT2D eigenvalue weighted by Gasteiger charge is 2.63. The molecule has 31 heavy (non-hydrogen) atoms. The summed E-state index contributed by atoms with van der Waals surface area (Å²) in [6.07, 6.45) is 4.05. The van der Waals surface area contributed by atoms with Crippen LogP contribution in [0.3, 0.4) is 0 Å². The maximum atomic E-state index is 14.0. The van der Waals surface area contributed by atoms with Gasteiger partial charge in [0.05, 0.1) is 0 Å². The van der Waals surface area contributed by atoms with Gasteiger partial charge in [-0.1, -0.05) is 18.2 Å². The zero-order valence-electron chi connectivity index (χ0n) is 19.0. The number of piperidine rings is 2. The summed E-state index contributed by atoms with van der Waals surface area (Å²) in [5.74, 6) is 0.933. The number of methoxy groups -OCH3 is 1. The molecule has 0 spiro atoms. The van der Waals surface area contributed by atoms with Gasteiger partial charge in [-0.15, -0.1) is 0 Å². The monoisotopic (exact) mass is 425 g/mol. The van der Waals surface area contributed by atoms with Crippen LogP contribution in [0.25, 0.3) is 10.9 Å². The summed E-state index contributed by atoms with van der Waals surface area (Å²) in [6.45, 7) is 4.03. The van der Waals surface area contributed by atoms with Crippen LogP contribution < -0.4 is 0 Å². The second kappa shape index (κ2) is 8.23. The minimum atomic E-state index is -0.614. The fraction of sp³-hybridized carbons (Fsp3) is 0.640. The first kappa shape index (κ1) is 21.0. The van der Waals surface area contributed by atoms with Crippen molar-refractivity contribution in [2.45, 2.75) is 37.1 Å². The minimum Gasteiger partial charge on any atom is -0.464 e. The minimum absolute atomic E-state index is 0.0362. The maximum Gasteiger partial charge on any atom is 0.319 e. The van der Waals surface area contributed by atoms with Crippen molar-refractivity contribution in [1.82, 2.24) is 14.8 Å². The summed E-state index contributed by atoms with van der Waals surface area (Å²) in [7, 11) is 5.80. The Hall–Kier alpha value is -1.89. The highest BCUT2D eigenvalue weighted by Crippen LogP contribution is 2.55. The number of aromatic nitrogens is 1. The molecule has 1 aliphatic carbocycles. The SMILES string of the molecule is COCC[C@H]1CC2CN3CCc4c([nH]c5ccccc45)[C@](C(=O)OCCN(C)C)(C2)C13. The highest BCUT2D eigenvalue weighted by molar-refractivity contribution is 5.91. The summed E-state index contributed by atoms with van der Waals surface area (Å²) in [5.41, 5.74) is 2.97. The van der Waals surface area contributed by atoms with Crippen LogP contribution in [0, 0.1) is 11.8 Å². The smallest absolute Gasteiger partial charge is 0.319 e. The Morgan fingerprint density at radius 2 is 2.13 bits per heavy atom. The van der Waals surface area contributed by atoms with Crippen LogP contribution in [0.2, 0.25) is 0 Å². The van der Waals surface area contributed by atoms with Gasteiger partial charge in [-0.25, -0.2) is 0 Å². The highest BCUT2D eigenvalue weighted by atomic mass is 16.5. The van der Waals surface area contributed by atoms with Crippen molar-refractivity contribution >= 4 is 16.9 Å². The summed E-state index contributed by atoms with van der Waals surface area (Å²) >= 11 is 0. The predicted octanol–water partition coefficient (Wildman–Crippen LogP) is 2.81. The number of nitrogens with zero attached hydrogens (tertiary/aromatic N) is 2. The number of benzene rings is 1. The summed E-state index contributed by atoms with van der Waals surface area (Å²) in [5, 5.41) is 1.26. The second-order valence-electron chi connectivity index (χ2n) is 9.97. The topological polar surface area (TPSA) is 57.8 Å². The molecule has 3 fully saturated rings. The Kier molecular flexibility index (Phi) is 5.57. The number of fused-ring (bicyclic) bond motifs is 4. The van der Waals surface area contributed by atoms with E-state index in [1.54, 1.807) is 7.11 Å². The van der Waals surface area contributed by atoms with Crippen molar-refractivity contribution in [2.24, 2.45) is 11.8 Å². The number of likely N-dealkylation sites (N-methyl/N-ethyl adjacent to an activating group) is 1. The van der Waals surface area contributed by atoms with E-state index in [0.717, 1.165) is 56.7 Å². The van der Waals surface area contributed by atoms with Crippen LogP contribution in [0.15, 0.2) is 24.3 Å². The number of rotatable bonds is 7. The zero-order chi connectivity index (χ0) is 21.6. The van der Waals surface area contributed by atoms with Gasteiger partial charge in [0.2, 0.25) is 0 Å². The Morgan fingerprint density at radius 3 is 2.94 bits per heavy atom. The Balaban J connectivity index is 1.62. The fourth-order valence-corrected chi connectivity index (χ4v) is 6.69. The van der Waals surface area contributed by atoms with Gasteiger partial charge < -0.3 is 19.4 Å². The molecule has 6 nitrogen and oxygen atoms in total. The van der Waals surface area contributed by atoms with Crippen molar-refractivity contribution in [1.29, 1.82) is 0 Å². The molecule has 6 heteroatoms. The average molecular weight is 426 g/mol. The fourth-order valence-electron chi connectivity index (χ4n) is 6.69. The molecule has 2 saturated heterocycles. The molecule has 5 atom stereocenters. The lowest BCUT2D eigenvalue weighted by molar-refractivity contribution is -0.166. The molecule has 3 unspecified atom stereocenters. The van der Waals surface area contributed by atoms with Gasteiger partial charge >= 0.3 is 5.97 Å². The number of aromatic amines is 1. The van der Waals surface area contributed by atoms with Crippen molar-refractivity contribution < 1.29 is 14.3 Å². The lowest BCUT2D eigenvalue weighted by Gasteiger charge is -2.58. The third-order valence-electron chi connectivity index (χ3n) is 7.82. The number of para-hydroxylation sites is 1. The number of carbonyl (C=O) groups excluding carboxylic acids is 1. The largest absolute Gasteiger partial charge is 0.464 e. The molecule has 0 amide bonds. The van der Waals surface area contributed by atoms with E-state index in [-0.39, 0.29) is 12.0 Å². The van der Waals surface area contributed by atoms with E-state index in [2.05, 4.69) is 39.0 Å². The van der Waals surface area contributed by atoms with Gasteiger partial charge in [0.25, 0.3) is 0 Å². The Bertz CT molecular complexity index is 955. The van der Waals surface area contributed by atoms with Crippen LogP contribution in [-0.2, 0) is 26.1 Å². The van der Waals surface area contributed by atoms with Crippen LogP contribution in [0.5, 0.6) is 0 Å². The van der Waals surface area contributed by atoms with Crippen LogP contribution in [0.1, 0.15) is 30.5 Å². The zero-order valence-corrected chi connectivity index (χ0v) is 19.0. The molecule has 4 bridgehead atoms. The van der Waals surface area contributed by atoms with Crippen molar-refractivity contribution in [3.63, 3.8) is 0 Å². The number of nitrogens with one attached hydrogen (secondary N) is 1. The van der Waals surface area contributed by atoms with Crippen LogP contribution in [0.4, 0.5) is 0 Å². The van der Waals surface area contributed by atoms with Crippen LogP contribution in [-0.4, -0.2) is 80.8 Å². The van der Waals surface area contributed by atoms with Crippen molar-refractivity contribution in [3.05, 3.63) is 35.5 Å². The van der Waals surface area contributed by atoms with E-state index in [9.17, 15) is 4.79 Å². The van der Waals surface area contributed by atoms with Crippen LogP contribution >= 0.6 is 0 Å². The number of carbonyl (C=O) groups is 1. The molecule has 2 aromatic rings. The van der Waals surface area contributed by atoms with Gasteiger partial charge in [0, 0.05) is 56.0 Å². The quantitative estimate of drug-likeness (QED) is 0.692. The molecule has 1 aromatic heterocycles. The van der Waals surface area contributed by atoms with Gasteiger partial charge in [-0.05, 0) is 63.2 Å². The summed E-state index contributed by atoms with van der Waals surface area (Å²) < 4.78 is 11.5. The average Bonchev–Trinajstić information content (AvgIpc) is 3.10. The first-order valence-corrected chi connectivity index (χ1v) is 11.7. The molecule has 4 aliphatic rings.